The molecule has 0 heterocycles. The summed E-state index contributed by atoms with van der Waals surface area (Å²) < 4.78 is 0. The topological polar surface area (TPSA) is 6.48 Å². The summed E-state index contributed by atoms with van der Waals surface area (Å²) in [6, 6.07) is 0. The first kappa shape index (κ1) is 22.7. The molecule has 0 atom stereocenters. The van der Waals surface area contributed by atoms with E-state index in [1.165, 1.54) is 84.0 Å². The van der Waals surface area contributed by atoms with E-state index in [1.807, 2.05) is 0 Å². The zero-order valence-corrected chi connectivity index (χ0v) is 16.7. The fraction of sp³-hybridized carbons (Fsp3) is 0.905. The second-order valence-corrected chi connectivity index (χ2v) is 6.83. The lowest BCUT2D eigenvalue weighted by Gasteiger charge is -2.40. The summed E-state index contributed by atoms with van der Waals surface area (Å²) in [4.78, 5) is 5.56. The van der Waals surface area contributed by atoms with Gasteiger partial charge in [-0.15, -0.1) is 6.58 Å². The van der Waals surface area contributed by atoms with Crippen LogP contribution >= 0.6 is 0 Å². The van der Waals surface area contributed by atoms with Crippen molar-refractivity contribution in [2.24, 2.45) is 0 Å². The highest BCUT2D eigenvalue weighted by atomic mass is 15.3. The van der Waals surface area contributed by atoms with Crippen LogP contribution in [0.15, 0.2) is 12.7 Å². The average Bonchev–Trinajstić information content (AvgIpc) is 2.57. The van der Waals surface area contributed by atoms with Gasteiger partial charge >= 0.3 is 0 Å². The molecule has 0 aliphatic heterocycles. The molecule has 0 spiro atoms. The highest BCUT2D eigenvalue weighted by Crippen LogP contribution is 2.17. The maximum absolute atomic E-state index is 3.96. The van der Waals surface area contributed by atoms with E-state index in [0.29, 0.717) is 6.17 Å². The van der Waals surface area contributed by atoms with Crippen LogP contribution in [0.5, 0.6) is 0 Å². The number of allylic oxidation sites excluding steroid dienone is 1. The quantitative estimate of drug-likeness (QED) is 0.236. The number of nitrogens with zero attached hydrogens (tertiary/aromatic N) is 2. The third-order valence-electron chi connectivity index (χ3n) is 4.67. The molecule has 0 aromatic rings. The van der Waals surface area contributed by atoms with Gasteiger partial charge in [0.1, 0.15) is 0 Å². The molecule has 23 heavy (non-hydrogen) atoms. The van der Waals surface area contributed by atoms with Crippen LogP contribution in [0, 0.1) is 0 Å². The first-order chi connectivity index (χ1) is 11.2. The molecule has 0 unspecified atom stereocenters. The SMILES string of the molecule is C=CCCC(N(CCCC)CCCC)N(CCCC)CCCC. The summed E-state index contributed by atoms with van der Waals surface area (Å²) >= 11 is 0. The van der Waals surface area contributed by atoms with Crippen molar-refractivity contribution in [3.63, 3.8) is 0 Å². The van der Waals surface area contributed by atoms with E-state index in [4.69, 9.17) is 0 Å². The van der Waals surface area contributed by atoms with Gasteiger partial charge in [-0.2, -0.15) is 0 Å². The van der Waals surface area contributed by atoms with Gasteiger partial charge in [-0.25, -0.2) is 0 Å². The highest BCUT2D eigenvalue weighted by Gasteiger charge is 2.23. The van der Waals surface area contributed by atoms with Gasteiger partial charge in [-0.3, -0.25) is 9.80 Å². The molecule has 0 bridgehead atoms. The standard InChI is InChI=1S/C21H44N2/c1-6-11-16-21(22(17-12-7-2)18-13-8-3)23(19-14-9-4)20-15-10-5/h6,21H,1,7-20H2,2-5H3. The van der Waals surface area contributed by atoms with Crippen molar-refractivity contribution in [3.8, 4) is 0 Å². The Morgan fingerprint density at radius 3 is 1.30 bits per heavy atom. The summed E-state index contributed by atoms with van der Waals surface area (Å²) in [5.74, 6) is 0. The van der Waals surface area contributed by atoms with Crippen molar-refractivity contribution in [1.82, 2.24) is 9.80 Å². The molecule has 0 saturated heterocycles. The van der Waals surface area contributed by atoms with Crippen LogP contribution in [0.3, 0.4) is 0 Å². The van der Waals surface area contributed by atoms with Crippen molar-refractivity contribution in [1.29, 1.82) is 0 Å². The fourth-order valence-corrected chi connectivity index (χ4v) is 3.13. The van der Waals surface area contributed by atoms with Crippen LogP contribution in [-0.4, -0.2) is 42.1 Å². The Kier molecular flexibility index (Phi) is 16.3. The first-order valence-corrected chi connectivity index (χ1v) is 10.3. The van der Waals surface area contributed by atoms with E-state index in [0.717, 1.165) is 6.42 Å². The molecular weight excluding hydrogens is 280 g/mol. The van der Waals surface area contributed by atoms with Gasteiger partial charge in [0.05, 0.1) is 6.17 Å². The van der Waals surface area contributed by atoms with E-state index in [-0.39, 0.29) is 0 Å². The third kappa shape index (κ3) is 10.9. The molecule has 0 saturated carbocycles. The van der Waals surface area contributed by atoms with Gasteiger partial charge in [0.25, 0.3) is 0 Å². The second-order valence-electron chi connectivity index (χ2n) is 6.83. The molecule has 2 nitrogen and oxygen atoms in total. The number of hydrogen-bond donors (Lipinski definition) is 0. The largest absolute Gasteiger partial charge is 0.288 e. The van der Waals surface area contributed by atoms with Gasteiger partial charge in [0.15, 0.2) is 0 Å². The molecule has 0 radical (unpaired) electrons. The van der Waals surface area contributed by atoms with Crippen molar-refractivity contribution in [2.75, 3.05) is 26.2 Å². The van der Waals surface area contributed by atoms with Gasteiger partial charge in [-0.05, 0) is 64.7 Å². The second kappa shape index (κ2) is 16.5. The Balaban J connectivity index is 5.01. The predicted molar refractivity (Wildman–Crippen MR) is 106 cm³/mol. The first-order valence-electron chi connectivity index (χ1n) is 10.3. The van der Waals surface area contributed by atoms with E-state index < -0.39 is 0 Å². The summed E-state index contributed by atoms with van der Waals surface area (Å²) in [5.41, 5.74) is 0. The molecule has 0 rings (SSSR count). The minimum Gasteiger partial charge on any atom is -0.288 e. The molecule has 2 heteroatoms. The van der Waals surface area contributed by atoms with E-state index in [1.54, 1.807) is 0 Å². The Bertz CT molecular complexity index is 216. The summed E-state index contributed by atoms with van der Waals surface area (Å²) in [5, 5.41) is 0. The van der Waals surface area contributed by atoms with Gasteiger partial charge in [-0.1, -0.05) is 59.5 Å². The van der Waals surface area contributed by atoms with E-state index in [9.17, 15) is 0 Å². The molecule has 0 aliphatic carbocycles. The van der Waals surface area contributed by atoms with Crippen LogP contribution in [0.1, 0.15) is 91.9 Å². The lowest BCUT2D eigenvalue weighted by Crippen LogP contribution is -2.50. The molecule has 0 aromatic carbocycles. The molecule has 0 aromatic heterocycles. The maximum atomic E-state index is 3.96. The zero-order chi connectivity index (χ0) is 17.3. The minimum atomic E-state index is 0.615. The lowest BCUT2D eigenvalue weighted by molar-refractivity contribution is 0.0317. The fourth-order valence-electron chi connectivity index (χ4n) is 3.13. The van der Waals surface area contributed by atoms with Gasteiger partial charge < -0.3 is 0 Å². The number of unbranched alkanes of at least 4 members (excludes halogenated alkanes) is 4. The van der Waals surface area contributed by atoms with E-state index >= 15 is 0 Å². The summed E-state index contributed by atoms with van der Waals surface area (Å²) in [6.07, 6.45) is 15.6. The van der Waals surface area contributed by atoms with Gasteiger partial charge in [0, 0.05) is 0 Å². The molecule has 0 aliphatic rings. The molecule has 138 valence electrons. The predicted octanol–water partition coefficient (Wildman–Crippen LogP) is 6.08. The van der Waals surface area contributed by atoms with Crippen LogP contribution in [-0.2, 0) is 0 Å². The minimum absolute atomic E-state index is 0.615. The molecule has 0 N–H and O–H groups in total. The molecule has 0 amide bonds. The monoisotopic (exact) mass is 324 g/mol. The average molecular weight is 325 g/mol. The number of rotatable bonds is 17. The Labute approximate surface area is 147 Å². The van der Waals surface area contributed by atoms with Crippen molar-refractivity contribution in [2.45, 2.75) is 98.1 Å². The molecule has 0 fully saturated rings. The highest BCUT2D eigenvalue weighted by molar-refractivity contribution is 4.78. The number of hydrogen-bond acceptors (Lipinski definition) is 2. The van der Waals surface area contributed by atoms with Gasteiger partial charge in [0.2, 0.25) is 0 Å². The van der Waals surface area contributed by atoms with Crippen molar-refractivity contribution in [3.05, 3.63) is 12.7 Å². The third-order valence-corrected chi connectivity index (χ3v) is 4.67. The smallest absolute Gasteiger partial charge is 0.0625 e. The van der Waals surface area contributed by atoms with Crippen LogP contribution in [0.25, 0.3) is 0 Å². The normalized spacial score (nSPS) is 11.8. The molecular formula is C21H44N2. The van der Waals surface area contributed by atoms with E-state index in [2.05, 4.69) is 50.1 Å². The summed E-state index contributed by atoms with van der Waals surface area (Å²) in [6.45, 7) is 18.2. The Morgan fingerprint density at radius 1 is 0.696 bits per heavy atom. The van der Waals surface area contributed by atoms with Crippen LogP contribution in [0.4, 0.5) is 0 Å². The van der Waals surface area contributed by atoms with Crippen LogP contribution in [0.2, 0.25) is 0 Å². The summed E-state index contributed by atoms with van der Waals surface area (Å²) in [7, 11) is 0. The maximum Gasteiger partial charge on any atom is 0.0625 e. The van der Waals surface area contributed by atoms with Crippen molar-refractivity contribution >= 4 is 0 Å². The Morgan fingerprint density at radius 2 is 1.04 bits per heavy atom. The lowest BCUT2D eigenvalue weighted by atomic mass is 10.1. The zero-order valence-electron chi connectivity index (χ0n) is 16.7. The van der Waals surface area contributed by atoms with Crippen LogP contribution < -0.4 is 0 Å². The van der Waals surface area contributed by atoms with Crippen molar-refractivity contribution < 1.29 is 0 Å². The Hall–Kier alpha value is -0.340.